The van der Waals surface area contributed by atoms with Crippen LogP contribution in [0.25, 0.3) is 11.1 Å². The number of nitrogens with one attached hydrogen (secondary N) is 1. The number of hydrogen-bond donors (Lipinski definition) is 1. The van der Waals surface area contributed by atoms with Gasteiger partial charge in [0.25, 0.3) is 5.91 Å². The summed E-state index contributed by atoms with van der Waals surface area (Å²) in [6.45, 7) is 2.01. The molecule has 114 valence electrons. The number of carbonyl (C=O) groups is 1. The van der Waals surface area contributed by atoms with Crippen molar-refractivity contribution in [3.63, 3.8) is 0 Å². The van der Waals surface area contributed by atoms with E-state index < -0.39 is 11.7 Å². The van der Waals surface area contributed by atoms with Crippen molar-refractivity contribution in [3.8, 4) is 11.1 Å². The van der Waals surface area contributed by atoms with E-state index >= 15 is 0 Å². The van der Waals surface area contributed by atoms with E-state index in [9.17, 15) is 9.18 Å². The van der Waals surface area contributed by atoms with Gasteiger partial charge in [-0.2, -0.15) is 0 Å². The molecule has 1 heterocycles. The molecule has 23 heavy (non-hydrogen) atoms. The summed E-state index contributed by atoms with van der Waals surface area (Å²) in [5.41, 5.74) is 3.51. The SMILES string of the molecule is Cc1ccc(-c2cncc(C(=O)Nc3ccccc3F)c2)cc1. The van der Waals surface area contributed by atoms with Crippen LogP contribution in [-0.2, 0) is 0 Å². The topological polar surface area (TPSA) is 42.0 Å². The number of nitrogens with zero attached hydrogens (tertiary/aromatic N) is 1. The van der Waals surface area contributed by atoms with Gasteiger partial charge in [-0.05, 0) is 30.7 Å². The molecule has 0 aliphatic carbocycles. The molecule has 1 N–H and O–H groups in total. The fourth-order valence-corrected chi connectivity index (χ4v) is 2.23. The number of aryl methyl sites for hydroxylation is 1. The molecule has 0 radical (unpaired) electrons. The summed E-state index contributed by atoms with van der Waals surface area (Å²) in [5.74, 6) is -0.861. The highest BCUT2D eigenvalue weighted by Crippen LogP contribution is 2.21. The number of anilines is 1. The van der Waals surface area contributed by atoms with E-state index in [0.717, 1.165) is 16.7 Å². The second kappa shape index (κ2) is 6.40. The lowest BCUT2D eigenvalue weighted by Gasteiger charge is -2.08. The molecular formula is C19H15FN2O. The van der Waals surface area contributed by atoms with E-state index in [1.807, 2.05) is 31.2 Å². The molecule has 2 aromatic carbocycles. The standard InChI is InChI=1S/C19H15FN2O/c1-13-6-8-14(9-7-13)15-10-16(12-21-11-15)19(23)22-18-5-3-2-4-17(18)20/h2-12H,1H3,(H,22,23). The minimum atomic E-state index is -0.469. The van der Waals surface area contributed by atoms with Crippen molar-refractivity contribution >= 4 is 11.6 Å². The molecule has 1 amide bonds. The quantitative estimate of drug-likeness (QED) is 0.777. The largest absolute Gasteiger partial charge is 0.319 e. The molecule has 0 aliphatic rings. The molecule has 3 aromatic rings. The van der Waals surface area contributed by atoms with Gasteiger partial charge in [0.15, 0.2) is 0 Å². The van der Waals surface area contributed by atoms with Crippen LogP contribution in [0.5, 0.6) is 0 Å². The van der Waals surface area contributed by atoms with Crippen molar-refractivity contribution in [2.75, 3.05) is 5.32 Å². The fraction of sp³-hybridized carbons (Fsp3) is 0.0526. The smallest absolute Gasteiger partial charge is 0.257 e. The Hall–Kier alpha value is -3.01. The number of para-hydroxylation sites is 1. The lowest BCUT2D eigenvalue weighted by atomic mass is 10.0. The third-order valence-corrected chi connectivity index (χ3v) is 3.51. The van der Waals surface area contributed by atoms with E-state index in [2.05, 4.69) is 10.3 Å². The number of carbonyl (C=O) groups excluding carboxylic acids is 1. The number of benzene rings is 2. The maximum atomic E-state index is 13.6. The van der Waals surface area contributed by atoms with E-state index in [4.69, 9.17) is 0 Å². The highest BCUT2D eigenvalue weighted by Gasteiger charge is 2.10. The van der Waals surface area contributed by atoms with E-state index in [1.54, 1.807) is 24.4 Å². The van der Waals surface area contributed by atoms with Gasteiger partial charge in [-0.1, -0.05) is 42.0 Å². The number of hydrogen-bond acceptors (Lipinski definition) is 2. The fourth-order valence-electron chi connectivity index (χ4n) is 2.23. The van der Waals surface area contributed by atoms with Gasteiger partial charge < -0.3 is 5.32 Å². The number of pyridine rings is 1. The van der Waals surface area contributed by atoms with Crippen LogP contribution in [0.15, 0.2) is 67.0 Å². The summed E-state index contributed by atoms with van der Waals surface area (Å²) < 4.78 is 13.6. The lowest BCUT2D eigenvalue weighted by molar-refractivity contribution is 0.102. The van der Waals surface area contributed by atoms with Crippen LogP contribution < -0.4 is 5.32 Å². The summed E-state index contributed by atoms with van der Waals surface area (Å²) in [5, 5.41) is 2.56. The lowest BCUT2D eigenvalue weighted by Crippen LogP contribution is -2.13. The van der Waals surface area contributed by atoms with Crippen molar-refractivity contribution in [3.05, 3.63) is 83.9 Å². The van der Waals surface area contributed by atoms with Crippen molar-refractivity contribution in [2.24, 2.45) is 0 Å². The first-order valence-corrected chi connectivity index (χ1v) is 7.21. The van der Waals surface area contributed by atoms with E-state index in [-0.39, 0.29) is 5.69 Å². The Morgan fingerprint density at radius 3 is 2.48 bits per heavy atom. The van der Waals surface area contributed by atoms with Crippen LogP contribution >= 0.6 is 0 Å². The first-order chi connectivity index (χ1) is 11.1. The van der Waals surface area contributed by atoms with Crippen molar-refractivity contribution in [1.82, 2.24) is 4.98 Å². The Labute approximate surface area is 133 Å². The van der Waals surface area contributed by atoms with Gasteiger partial charge in [-0.3, -0.25) is 9.78 Å². The monoisotopic (exact) mass is 306 g/mol. The molecule has 3 rings (SSSR count). The van der Waals surface area contributed by atoms with Gasteiger partial charge in [-0.15, -0.1) is 0 Å². The van der Waals surface area contributed by atoms with Gasteiger partial charge in [0.1, 0.15) is 5.82 Å². The van der Waals surface area contributed by atoms with Gasteiger partial charge in [0, 0.05) is 18.0 Å². The van der Waals surface area contributed by atoms with Crippen molar-refractivity contribution in [1.29, 1.82) is 0 Å². The summed E-state index contributed by atoms with van der Waals surface area (Å²) in [6.07, 6.45) is 3.17. The minimum absolute atomic E-state index is 0.151. The molecule has 1 aromatic heterocycles. The number of halogens is 1. The third-order valence-electron chi connectivity index (χ3n) is 3.51. The normalized spacial score (nSPS) is 10.3. The average Bonchev–Trinajstić information content (AvgIpc) is 2.58. The molecule has 0 bridgehead atoms. The highest BCUT2D eigenvalue weighted by molar-refractivity contribution is 6.04. The maximum absolute atomic E-state index is 13.6. The zero-order valence-corrected chi connectivity index (χ0v) is 12.6. The molecule has 4 heteroatoms. The van der Waals surface area contributed by atoms with Crippen molar-refractivity contribution < 1.29 is 9.18 Å². The molecule has 0 saturated carbocycles. The zero-order valence-electron chi connectivity index (χ0n) is 12.6. The highest BCUT2D eigenvalue weighted by atomic mass is 19.1. The molecule has 0 atom stereocenters. The van der Waals surface area contributed by atoms with Crippen LogP contribution in [-0.4, -0.2) is 10.9 Å². The summed E-state index contributed by atoms with van der Waals surface area (Å²) in [7, 11) is 0. The van der Waals surface area contributed by atoms with Gasteiger partial charge in [0.2, 0.25) is 0 Å². The molecule has 0 unspecified atom stereocenters. The average molecular weight is 306 g/mol. The summed E-state index contributed by atoms with van der Waals surface area (Å²) >= 11 is 0. The van der Waals surface area contributed by atoms with Crippen molar-refractivity contribution in [2.45, 2.75) is 6.92 Å². The van der Waals surface area contributed by atoms with E-state index in [0.29, 0.717) is 5.56 Å². The van der Waals surface area contributed by atoms with Crippen LogP contribution in [0, 0.1) is 12.7 Å². The second-order valence-corrected chi connectivity index (χ2v) is 5.26. The van der Waals surface area contributed by atoms with E-state index in [1.165, 1.54) is 18.3 Å². The molecule has 0 spiro atoms. The van der Waals surface area contributed by atoms with Crippen LogP contribution in [0.4, 0.5) is 10.1 Å². The zero-order chi connectivity index (χ0) is 16.2. The first-order valence-electron chi connectivity index (χ1n) is 7.21. The minimum Gasteiger partial charge on any atom is -0.319 e. The van der Waals surface area contributed by atoms with Crippen LogP contribution in [0.1, 0.15) is 15.9 Å². The van der Waals surface area contributed by atoms with Gasteiger partial charge in [-0.25, -0.2) is 4.39 Å². The molecule has 0 aliphatic heterocycles. The Kier molecular flexibility index (Phi) is 4.15. The van der Waals surface area contributed by atoms with Crippen LogP contribution in [0.3, 0.4) is 0 Å². The predicted octanol–water partition coefficient (Wildman–Crippen LogP) is 4.45. The van der Waals surface area contributed by atoms with Crippen LogP contribution in [0.2, 0.25) is 0 Å². The molecule has 0 fully saturated rings. The Balaban J connectivity index is 1.86. The third kappa shape index (κ3) is 3.43. The number of rotatable bonds is 3. The predicted molar refractivity (Wildman–Crippen MR) is 88.8 cm³/mol. The molecule has 0 saturated heterocycles. The number of aromatic nitrogens is 1. The van der Waals surface area contributed by atoms with Gasteiger partial charge in [0.05, 0.1) is 11.3 Å². The Morgan fingerprint density at radius 1 is 1.00 bits per heavy atom. The molecular weight excluding hydrogens is 291 g/mol. The maximum Gasteiger partial charge on any atom is 0.257 e. The molecule has 3 nitrogen and oxygen atoms in total. The Bertz CT molecular complexity index is 844. The second-order valence-electron chi connectivity index (χ2n) is 5.26. The summed E-state index contributed by atoms with van der Waals surface area (Å²) in [6, 6.07) is 15.8. The summed E-state index contributed by atoms with van der Waals surface area (Å²) in [4.78, 5) is 16.4. The van der Waals surface area contributed by atoms with Gasteiger partial charge >= 0.3 is 0 Å². The Morgan fingerprint density at radius 2 is 1.74 bits per heavy atom. The number of amides is 1. The first kappa shape index (κ1) is 14.9.